The van der Waals surface area contributed by atoms with Crippen LogP contribution in [0.25, 0.3) is 11.0 Å². The van der Waals surface area contributed by atoms with Gasteiger partial charge >= 0.3 is 6.16 Å². The Morgan fingerprint density at radius 1 is 1.23 bits per heavy atom. The summed E-state index contributed by atoms with van der Waals surface area (Å²) in [6.45, 7) is 2.93. The van der Waals surface area contributed by atoms with Crippen LogP contribution < -0.4 is 5.32 Å². The van der Waals surface area contributed by atoms with Crippen LogP contribution >= 0.6 is 0 Å². The molecule has 3 N–H and O–H groups in total. The van der Waals surface area contributed by atoms with Crippen LogP contribution in [0.3, 0.4) is 0 Å². The van der Waals surface area contributed by atoms with Crippen molar-refractivity contribution >= 4 is 28.6 Å². The van der Waals surface area contributed by atoms with Crippen LogP contribution in [-0.4, -0.2) is 48.5 Å². The Labute approximate surface area is 175 Å². The van der Waals surface area contributed by atoms with Crippen molar-refractivity contribution in [3.8, 4) is 0 Å². The van der Waals surface area contributed by atoms with Gasteiger partial charge in [-0.2, -0.15) is 5.10 Å². The minimum Gasteiger partial charge on any atom is -0.450 e. The number of hydrogen-bond acceptors (Lipinski definition) is 6. The third-order valence-electron chi connectivity index (χ3n) is 6.33. The summed E-state index contributed by atoms with van der Waals surface area (Å²) >= 11 is 0. The lowest BCUT2D eigenvalue weighted by molar-refractivity contribution is -0.0449. The van der Waals surface area contributed by atoms with E-state index >= 15 is 0 Å². The summed E-state index contributed by atoms with van der Waals surface area (Å²) in [7, 11) is 0. The van der Waals surface area contributed by atoms with Crippen molar-refractivity contribution in [2.24, 2.45) is 5.16 Å². The van der Waals surface area contributed by atoms with Crippen molar-refractivity contribution < 1.29 is 19.8 Å². The van der Waals surface area contributed by atoms with Crippen LogP contribution in [0, 0.1) is 0 Å². The van der Waals surface area contributed by atoms with E-state index in [0.29, 0.717) is 6.04 Å². The molecule has 162 valence electrons. The number of carbonyl (C=O) groups is 1. The van der Waals surface area contributed by atoms with Crippen LogP contribution in [0.1, 0.15) is 70.3 Å². The van der Waals surface area contributed by atoms with Gasteiger partial charge in [-0.25, -0.2) is 14.5 Å². The van der Waals surface area contributed by atoms with E-state index < -0.39 is 6.16 Å². The predicted molar refractivity (Wildman–Crippen MR) is 113 cm³/mol. The maximum absolute atomic E-state index is 8.56. The Morgan fingerprint density at radius 2 is 1.97 bits per heavy atom. The van der Waals surface area contributed by atoms with Gasteiger partial charge in [0.2, 0.25) is 0 Å². The summed E-state index contributed by atoms with van der Waals surface area (Å²) < 4.78 is 1.96. The van der Waals surface area contributed by atoms with Crippen LogP contribution in [0.15, 0.2) is 17.5 Å². The summed E-state index contributed by atoms with van der Waals surface area (Å²) in [4.78, 5) is 19.3. The molecule has 2 aromatic rings. The van der Waals surface area contributed by atoms with Crippen LogP contribution in [0.4, 0.5) is 10.5 Å². The van der Waals surface area contributed by atoms with Crippen molar-refractivity contribution in [1.82, 2.24) is 14.8 Å². The molecule has 2 aromatic heterocycles. The van der Waals surface area contributed by atoms with E-state index in [9.17, 15) is 0 Å². The minimum absolute atomic E-state index is 0.0656. The van der Waals surface area contributed by atoms with Gasteiger partial charge in [-0.15, -0.1) is 0 Å². The highest BCUT2D eigenvalue weighted by molar-refractivity contribution is 6.10. The van der Waals surface area contributed by atoms with Crippen LogP contribution in [0.2, 0.25) is 0 Å². The molecule has 0 radical (unpaired) electrons. The molecule has 2 fully saturated rings. The fourth-order valence-electron chi connectivity index (χ4n) is 4.52. The normalized spacial score (nSPS) is 20.1. The fourth-order valence-corrected chi connectivity index (χ4v) is 4.52. The Balaban J connectivity index is 0.000000503. The van der Waals surface area contributed by atoms with Crippen LogP contribution in [-0.2, 0) is 11.4 Å². The Morgan fingerprint density at radius 3 is 2.60 bits per heavy atom. The van der Waals surface area contributed by atoms with E-state index in [2.05, 4.69) is 22.5 Å². The highest BCUT2D eigenvalue weighted by atomic mass is 16.7. The second-order valence-corrected chi connectivity index (χ2v) is 8.35. The van der Waals surface area contributed by atoms with E-state index in [1.54, 1.807) is 0 Å². The van der Waals surface area contributed by atoms with E-state index in [1.165, 1.54) is 38.5 Å². The summed E-state index contributed by atoms with van der Waals surface area (Å²) in [5.74, 6) is 0. The summed E-state index contributed by atoms with van der Waals surface area (Å²) in [6.07, 6.45) is 12.8. The monoisotopic (exact) mass is 415 g/mol. The Kier molecular flexibility index (Phi) is 5.78. The number of anilines is 1. The van der Waals surface area contributed by atoms with Gasteiger partial charge in [0.05, 0.1) is 23.0 Å². The first-order valence-electron chi connectivity index (χ1n) is 10.8. The maximum atomic E-state index is 8.56. The predicted octanol–water partition coefficient (Wildman–Crippen LogP) is 4.47. The first-order chi connectivity index (χ1) is 14.5. The SMILES string of the molecule is CCn1ncc2c(NC3CCC3)c(C3=NOC4(CCCCC4)C3)cnc21.O=C(O)O. The van der Waals surface area contributed by atoms with Crippen molar-refractivity contribution in [2.75, 3.05) is 5.32 Å². The average Bonchev–Trinajstić information content (AvgIpc) is 3.29. The lowest BCUT2D eigenvalue weighted by Gasteiger charge is -2.30. The summed E-state index contributed by atoms with van der Waals surface area (Å²) in [6, 6.07) is 0.552. The van der Waals surface area contributed by atoms with Crippen molar-refractivity contribution in [1.29, 1.82) is 0 Å². The number of aromatic nitrogens is 3. The number of nitrogens with one attached hydrogen (secondary N) is 1. The quantitative estimate of drug-likeness (QED) is 0.673. The van der Waals surface area contributed by atoms with Crippen LogP contribution in [0.5, 0.6) is 0 Å². The number of hydrogen-bond donors (Lipinski definition) is 3. The number of pyridine rings is 1. The first-order valence-corrected chi connectivity index (χ1v) is 10.8. The zero-order chi connectivity index (χ0) is 21.1. The molecule has 0 unspecified atom stereocenters. The Bertz CT molecular complexity index is 940. The molecule has 0 bridgehead atoms. The fraction of sp³-hybridized carbons (Fsp3) is 0.619. The third-order valence-corrected chi connectivity index (χ3v) is 6.33. The molecule has 9 nitrogen and oxygen atoms in total. The molecule has 1 spiro atoms. The van der Waals surface area contributed by atoms with Gasteiger partial charge in [0.1, 0.15) is 5.60 Å². The van der Waals surface area contributed by atoms with Crippen molar-refractivity contribution in [3.05, 3.63) is 18.0 Å². The maximum Gasteiger partial charge on any atom is 0.503 e. The molecule has 0 atom stereocenters. The number of nitrogens with zero attached hydrogens (tertiary/aromatic N) is 4. The highest BCUT2D eigenvalue weighted by Gasteiger charge is 2.41. The van der Waals surface area contributed by atoms with E-state index in [1.807, 2.05) is 17.1 Å². The minimum atomic E-state index is -1.83. The molecule has 0 amide bonds. The molecule has 0 aromatic carbocycles. The smallest absolute Gasteiger partial charge is 0.450 e. The lowest BCUT2D eigenvalue weighted by Crippen LogP contribution is -2.32. The molecule has 2 saturated carbocycles. The zero-order valence-corrected chi connectivity index (χ0v) is 17.3. The molecule has 5 rings (SSSR count). The third kappa shape index (κ3) is 4.06. The van der Waals surface area contributed by atoms with E-state index in [0.717, 1.165) is 53.8 Å². The largest absolute Gasteiger partial charge is 0.503 e. The van der Waals surface area contributed by atoms with E-state index in [-0.39, 0.29) is 5.60 Å². The average molecular weight is 415 g/mol. The van der Waals surface area contributed by atoms with Gasteiger partial charge in [-0.3, -0.25) is 0 Å². The molecular formula is C21H29N5O4. The highest BCUT2D eigenvalue weighted by Crippen LogP contribution is 2.41. The molecule has 3 heterocycles. The van der Waals surface area contributed by atoms with Gasteiger partial charge in [0.25, 0.3) is 0 Å². The van der Waals surface area contributed by atoms with Gasteiger partial charge in [0, 0.05) is 30.8 Å². The summed E-state index contributed by atoms with van der Waals surface area (Å²) in [5.41, 5.74) is 4.18. The second kappa shape index (κ2) is 8.49. The lowest BCUT2D eigenvalue weighted by atomic mass is 9.80. The molecule has 9 heteroatoms. The summed E-state index contributed by atoms with van der Waals surface area (Å²) in [5, 5.41) is 27.9. The standard InChI is InChI=1S/C20H27N5O.CH2O3/c1-2-25-19-16(13-22-25)18(23-14-7-6-8-14)15(12-21-19)17-11-20(26-24-17)9-4-3-5-10-20;2-1(3)4/h12-14H,2-11H2,1H3,(H,21,23);(H2,2,3,4). The second-order valence-electron chi connectivity index (χ2n) is 8.35. The topological polar surface area (TPSA) is 122 Å². The van der Waals surface area contributed by atoms with E-state index in [4.69, 9.17) is 24.8 Å². The molecule has 3 aliphatic rings. The van der Waals surface area contributed by atoms with Gasteiger partial charge in [-0.05, 0) is 51.9 Å². The number of aryl methyl sites for hydroxylation is 1. The van der Waals surface area contributed by atoms with Crippen molar-refractivity contribution in [2.45, 2.75) is 82.9 Å². The van der Waals surface area contributed by atoms with Crippen molar-refractivity contribution in [3.63, 3.8) is 0 Å². The molecular weight excluding hydrogens is 386 g/mol. The number of fused-ring (bicyclic) bond motifs is 1. The Hall–Kier alpha value is -2.84. The van der Waals surface area contributed by atoms with Gasteiger partial charge in [0.15, 0.2) is 5.65 Å². The zero-order valence-electron chi connectivity index (χ0n) is 17.3. The van der Waals surface area contributed by atoms with Gasteiger partial charge < -0.3 is 20.4 Å². The molecule has 2 aliphatic carbocycles. The molecule has 30 heavy (non-hydrogen) atoms. The molecule has 0 saturated heterocycles. The number of carboxylic acid groups (broad SMARTS) is 2. The molecule has 1 aliphatic heterocycles. The van der Waals surface area contributed by atoms with Gasteiger partial charge in [-0.1, -0.05) is 11.6 Å². The number of rotatable bonds is 4. The first kappa shape index (κ1) is 20.4. The number of oxime groups is 1.